The van der Waals surface area contributed by atoms with E-state index in [1.54, 1.807) is 0 Å². The molecule has 3 fully saturated rings. The maximum Gasteiger partial charge on any atom is 0.386 e. The number of imidazole rings is 3. The van der Waals surface area contributed by atoms with Crippen molar-refractivity contribution in [3.8, 4) is 0 Å². The number of hydrogen-bond donors (Lipinski definition) is 5. The third kappa shape index (κ3) is 4.91. The summed E-state index contributed by atoms with van der Waals surface area (Å²) in [5.41, 5.74) is 6.04. The molecule has 24 heteroatoms. The number of nitrogens with zero attached hydrogens (tertiary/aromatic N) is 8. The van der Waals surface area contributed by atoms with Crippen LogP contribution in [0.2, 0.25) is 0 Å². The van der Waals surface area contributed by atoms with E-state index in [2.05, 4.69) is 42.2 Å². The molecule has 0 amide bonds. The van der Waals surface area contributed by atoms with Crippen molar-refractivity contribution in [2.45, 2.75) is 55.4 Å². The maximum atomic E-state index is 16.1. The van der Waals surface area contributed by atoms with Crippen LogP contribution < -0.4 is 11.3 Å². The van der Waals surface area contributed by atoms with Crippen molar-refractivity contribution in [1.29, 1.82) is 0 Å². The van der Waals surface area contributed by atoms with Crippen LogP contribution >= 0.6 is 25.8 Å². The predicted octanol–water partition coefficient (Wildman–Crippen LogP) is 0.776. The van der Waals surface area contributed by atoms with Crippen LogP contribution in [-0.2, 0) is 39.2 Å². The predicted molar refractivity (Wildman–Crippen MR) is 161 cm³/mol. The summed E-state index contributed by atoms with van der Waals surface area (Å²) in [7, 11) is 0. The lowest BCUT2D eigenvalue weighted by Crippen LogP contribution is -2.37. The van der Waals surface area contributed by atoms with Gasteiger partial charge in [0.25, 0.3) is 5.56 Å². The highest BCUT2D eigenvalue weighted by Gasteiger charge is 2.54. The van der Waals surface area contributed by atoms with Gasteiger partial charge >= 0.3 is 13.5 Å². The van der Waals surface area contributed by atoms with E-state index >= 15 is 4.39 Å². The molecule has 244 valence electrons. The molecular weight excluding hydrogens is 693 g/mol. The summed E-state index contributed by atoms with van der Waals surface area (Å²) in [5.74, 6) is 0.286. The first-order valence-corrected chi connectivity index (χ1v) is 18.9. The summed E-state index contributed by atoms with van der Waals surface area (Å²) in [5, 5.41) is 11.3. The second-order valence-corrected chi connectivity index (χ2v) is 16.4. The Hall–Kier alpha value is -2.88. The number of ether oxygens (including phenoxy) is 1. The molecule has 1 saturated carbocycles. The summed E-state index contributed by atoms with van der Waals surface area (Å²) < 4.78 is 62.3. The van der Waals surface area contributed by atoms with E-state index in [0.717, 1.165) is 0 Å². The Morgan fingerprint density at radius 3 is 2.70 bits per heavy atom. The second-order valence-electron chi connectivity index (χ2n) is 10.8. The van der Waals surface area contributed by atoms with Gasteiger partial charge in [-0.2, -0.15) is 0 Å². The molecule has 19 nitrogen and oxygen atoms in total. The molecule has 10 atom stereocenters. The number of aliphatic hydroxyl groups is 1. The van der Waals surface area contributed by atoms with Crippen LogP contribution in [0.1, 0.15) is 18.7 Å². The molecule has 1 aliphatic carbocycles. The number of nitrogen functional groups attached to an aromatic ring is 1. The molecule has 5 aromatic rings. The molecule has 5 aromatic heterocycles. The number of aromatic nitrogens is 9. The van der Waals surface area contributed by atoms with E-state index in [-0.39, 0.29) is 40.3 Å². The van der Waals surface area contributed by atoms with Crippen LogP contribution in [0, 0.1) is 0 Å². The number of nitrogens with two attached hydrogens (primary N) is 1. The Labute approximate surface area is 265 Å². The standard InChI is InChI=1S/C22H23FN10O9P2S2/c23-11-16-10(39-21(11)33-7-28-12-17(24)26-5-27-18(12)33)4-38-43(36,45)41-15-8(3-9(14(15)34)40-44(37,46)42-16)32-6-29-13-19(32)30-22-25-1-2-31(22)20(13)35/h1-2,5-11,14-16,21,34H,3-4H2,(H,25,30)(H,36,45)(H,37,46)(H2,24,26,27)/t8-,9+,10-,11-,14-,15+,16-,21-,43?,44?/m1/s1. The number of halogens is 1. The highest BCUT2D eigenvalue weighted by Crippen LogP contribution is 2.60. The number of hydrogen-bond acceptors (Lipinski definition) is 15. The average Bonchev–Trinajstić information content (AvgIpc) is 3.82. The third-order valence-electron chi connectivity index (χ3n) is 8.12. The molecule has 3 aliphatic rings. The second kappa shape index (κ2) is 10.8. The fourth-order valence-corrected chi connectivity index (χ4v) is 9.36. The molecular formula is C22H23FN10O9P2S2. The summed E-state index contributed by atoms with van der Waals surface area (Å²) in [6, 6.07) is -0.907. The fraction of sp³-hybridized carbons (Fsp3) is 0.455. The highest BCUT2D eigenvalue weighted by atomic mass is 32.7. The monoisotopic (exact) mass is 716 g/mol. The molecule has 0 spiro atoms. The highest BCUT2D eigenvalue weighted by molar-refractivity contribution is 8.44. The summed E-state index contributed by atoms with van der Waals surface area (Å²) >= 11 is 9.39. The van der Waals surface area contributed by atoms with Crippen LogP contribution in [0.4, 0.5) is 10.2 Å². The van der Waals surface area contributed by atoms with E-state index in [1.807, 2.05) is 0 Å². The Morgan fingerprint density at radius 2 is 1.87 bits per heavy atom. The van der Waals surface area contributed by atoms with Gasteiger partial charge in [-0.05, 0) is 11.8 Å². The Kier molecular flexibility index (Phi) is 7.16. The van der Waals surface area contributed by atoms with E-state index in [1.165, 1.54) is 44.9 Å². The minimum Gasteiger partial charge on any atom is -0.388 e. The van der Waals surface area contributed by atoms with Gasteiger partial charge in [-0.3, -0.25) is 22.9 Å². The van der Waals surface area contributed by atoms with Crippen molar-refractivity contribution in [2.24, 2.45) is 0 Å². The average molecular weight is 717 g/mol. The number of alkyl halides is 1. The van der Waals surface area contributed by atoms with Gasteiger partial charge in [0.05, 0.1) is 31.4 Å². The van der Waals surface area contributed by atoms with E-state index < -0.39 is 74.6 Å². The van der Waals surface area contributed by atoms with E-state index in [4.69, 9.17) is 40.4 Å². The van der Waals surface area contributed by atoms with Gasteiger partial charge in [0, 0.05) is 18.8 Å². The zero-order valence-electron chi connectivity index (χ0n) is 23.0. The van der Waals surface area contributed by atoms with Gasteiger partial charge in [-0.15, -0.1) is 0 Å². The lowest BCUT2D eigenvalue weighted by Gasteiger charge is -2.30. The van der Waals surface area contributed by atoms with E-state index in [9.17, 15) is 19.4 Å². The molecule has 8 rings (SSSR count). The van der Waals surface area contributed by atoms with Gasteiger partial charge in [0.15, 0.2) is 29.4 Å². The van der Waals surface area contributed by atoms with E-state index in [0.29, 0.717) is 0 Å². The lowest BCUT2D eigenvalue weighted by atomic mass is 10.1. The van der Waals surface area contributed by atoms with Crippen molar-refractivity contribution in [2.75, 3.05) is 12.3 Å². The largest absolute Gasteiger partial charge is 0.388 e. The molecule has 2 bridgehead atoms. The topological polar surface area (TPSA) is 241 Å². The Bertz CT molecular complexity index is 2160. The van der Waals surface area contributed by atoms with Gasteiger partial charge in [0.1, 0.15) is 41.9 Å². The van der Waals surface area contributed by atoms with Crippen molar-refractivity contribution >= 4 is 71.5 Å². The first-order valence-electron chi connectivity index (χ1n) is 13.6. The summed E-state index contributed by atoms with van der Waals surface area (Å²) in [6.07, 6.45) is -3.97. The van der Waals surface area contributed by atoms with Crippen molar-refractivity contribution in [3.05, 3.63) is 41.7 Å². The number of thiol groups is 1. The number of rotatable bonds is 2. The molecule has 2 aliphatic heterocycles. The minimum atomic E-state index is -4.32. The molecule has 7 heterocycles. The number of fused-ring (bicyclic) bond motifs is 6. The van der Waals surface area contributed by atoms with Gasteiger partial charge < -0.3 is 34.5 Å². The van der Waals surface area contributed by atoms with Crippen molar-refractivity contribution < 1.29 is 41.8 Å². The van der Waals surface area contributed by atoms with Gasteiger partial charge in [-0.1, -0.05) is 12.2 Å². The zero-order chi connectivity index (χ0) is 32.1. The maximum absolute atomic E-state index is 16.1. The number of aromatic amines is 1. The van der Waals surface area contributed by atoms with Crippen LogP contribution in [0.15, 0.2) is 36.2 Å². The number of aliphatic hydroxyl groups excluding tert-OH is 1. The first-order chi connectivity index (χ1) is 21.9. The molecule has 2 unspecified atom stereocenters. The van der Waals surface area contributed by atoms with Crippen LogP contribution in [0.3, 0.4) is 0 Å². The lowest BCUT2D eigenvalue weighted by molar-refractivity contribution is -0.0539. The minimum absolute atomic E-state index is 0.0512. The van der Waals surface area contributed by atoms with Crippen LogP contribution in [0.5, 0.6) is 0 Å². The third-order valence-corrected chi connectivity index (χ3v) is 11.3. The van der Waals surface area contributed by atoms with Crippen LogP contribution in [0.25, 0.3) is 28.1 Å². The number of H-pyrrole nitrogens is 1. The van der Waals surface area contributed by atoms with Gasteiger partial charge in [-0.25, -0.2) is 38.3 Å². The molecule has 2 saturated heterocycles. The van der Waals surface area contributed by atoms with Gasteiger partial charge in [0.2, 0.25) is 5.78 Å². The van der Waals surface area contributed by atoms with Crippen molar-refractivity contribution in [1.82, 2.24) is 43.4 Å². The SMILES string of the molecule is Nc1ncnc2c1ncn2[C@@H]1O[C@@H]2COP(=O)(S)O[C@@H]3[C@H](O)[C@H](C[C@H]3n3cnc4c(=O)n5ccnc5[nH]c43)OP(O)(=S)O[C@H]2[C@H]1F. The molecule has 5 N–H and O–H groups in total. The smallest absolute Gasteiger partial charge is 0.386 e. The molecule has 0 aromatic carbocycles. The quantitative estimate of drug-likeness (QED) is 0.125. The number of anilines is 1. The summed E-state index contributed by atoms with van der Waals surface area (Å²) in [4.78, 5) is 47.6. The zero-order valence-corrected chi connectivity index (χ0v) is 26.5. The Morgan fingerprint density at radius 1 is 1.09 bits per heavy atom. The van der Waals surface area contributed by atoms with Crippen LogP contribution in [-0.4, -0.2) is 96.7 Å². The summed E-state index contributed by atoms with van der Waals surface area (Å²) in [6.45, 7) is -9.24. The normalized spacial score (nSPS) is 37.0. The van der Waals surface area contributed by atoms with Crippen molar-refractivity contribution in [3.63, 3.8) is 0 Å². The first kappa shape index (κ1) is 30.5. The molecule has 0 radical (unpaired) electrons. The fourth-order valence-electron chi connectivity index (χ4n) is 6.07. The number of nitrogens with one attached hydrogen (secondary N) is 1. The Balaban J connectivity index is 1.13. The molecule has 46 heavy (non-hydrogen) atoms.